The van der Waals surface area contributed by atoms with Crippen molar-refractivity contribution >= 4 is 35.2 Å². The lowest BCUT2D eigenvalue weighted by Gasteiger charge is -2.32. The number of benzene rings is 1. The van der Waals surface area contributed by atoms with E-state index in [1.807, 2.05) is 31.2 Å². The van der Waals surface area contributed by atoms with Crippen LogP contribution in [0.25, 0.3) is 0 Å². The molecular formula is C17H22N2O4S. The van der Waals surface area contributed by atoms with Crippen LogP contribution in [0.4, 0.5) is 5.69 Å². The summed E-state index contributed by atoms with van der Waals surface area (Å²) in [5.41, 5.74) is 1.84. The molecule has 0 unspecified atom stereocenters. The zero-order chi connectivity index (χ0) is 17.5. The molecule has 0 spiro atoms. The van der Waals surface area contributed by atoms with Gasteiger partial charge in [-0.15, -0.1) is 11.8 Å². The summed E-state index contributed by atoms with van der Waals surface area (Å²) >= 11 is 1.20. The highest BCUT2D eigenvalue weighted by molar-refractivity contribution is 8.00. The predicted octanol–water partition coefficient (Wildman–Crippen LogP) is 2.13. The van der Waals surface area contributed by atoms with Gasteiger partial charge in [0.1, 0.15) is 6.04 Å². The maximum Gasteiger partial charge on any atom is 0.326 e. The smallest absolute Gasteiger partial charge is 0.326 e. The van der Waals surface area contributed by atoms with Crippen LogP contribution in [0.1, 0.15) is 24.8 Å². The van der Waals surface area contributed by atoms with Gasteiger partial charge in [0.25, 0.3) is 0 Å². The minimum atomic E-state index is -0.954. The molecule has 1 aliphatic rings. The normalized spacial score (nSPS) is 17.4. The number of rotatable bonds is 6. The Kier molecular flexibility index (Phi) is 6.66. The van der Waals surface area contributed by atoms with E-state index >= 15 is 0 Å². The van der Waals surface area contributed by atoms with Crippen molar-refractivity contribution in [2.75, 3.05) is 23.4 Å². The number of hydrogen-bond donors (Lipinski definition) is 2. The van der Waals surface area contributed by atoms with Gasteiger partial charge in [-0.2, -0.15) is 0 Å². The minimum Gasteiger partial charge on any atom is -0.480 e. The highest BCUT2D eigenvalue weighted by atomic mass is 32.2. The molecule has 0 radical (unpaired) electrons. The summed E-state index contributed by atoms with van der Waals surface area (Å²) in [6.07, 6.45) is 2.15. The van der Waals surface area contributed by atoms with Crippen molar-refractivity contribution in [3.63, 3.8) is 0 Å². The molecule has 1 aliphatic heterocycles. The summed E-state index contributed by atoms with van der Waals surface area (Å²) in [6, 6.07) is 6.75. The molecule has 1 atom stereocenters. The number of carbonyl (C=O) groups excluding carboxylic acids is 2. The van der Waals surface area contributed by atoms with Gasteiger partial charge in [0.2, 0.25) is 11.8 Å². The van der Waals surface area contributed by atoms with E-state index in [2.05, 4.69) is 5.32 Å². The van der Waals surface area contributed by atoms with Gasteiger partial charge >= 0.3 is 5.97 Å². The molecule has 0 bridgehead atoms. The average molecular weight is 350 g/mol. The van der Waals surface area contributed by atoms with Gasteiger partial charge in [-0.1, -0.05) is 17.7 Å². The summed E-state index contributed by atoms with van der Waals surface area (Å²) in [6.45, 7) is 2.45. The summed E-state index contributed by atoms with van der Waals surface area (Å²) in [4.78, 5) is 36.7. The van der Waals surface area contributed by atoms with E-state index in [0.717, 1.165) is 24.1 Å². The first-order chi connectivity index (χ1) is 11.5. The Labute approximate surface area is 145 Å². The van der Waals surface area contributed by atoms with Gasteiger partial charge in [-0.3, -0.25) is 9.59 Å². The quantitative estimate of drug-likeness (QED) is 0.821. The van der Waals surface area contributed by atoms with E-state index < -0.39 is 12.0 Å². The van der Waals surface area contributed by atoms with Crippen molar-refractivity contribution in [3.8, 4) is 0 Å². The molecule has 1 aromatic carbocycles. The second-order valence-corrected chi connectivity index (χ2v) is 6.83. The highest BCUT2D eigenvalue weighted by Gasteiger charge is 2.31. The molecule has 1 saturated heterocycles. The van der Waals surface area contributed by atoms with Crippen molar-refractivity contribution in [1.29, 1.82) is 0 Å². The maximum absolute atomic E-state index is 12.2. The van der Waals surface area contributed by atoms with Gasteiger partial charge in [-0.05, 0) is 38.3 Å². The molecule has 2 rings (SSSR count). The number of carboxylic acids is 1. The molecule has 0 saturated carbocycles. The van der Waals surface area contributed by atoms with E-state index in [1.54, 1.807) is 0 Å². The summed E-state index contributed by atoms with van der Waals surface area (Å²) in [5, 5.41) is 12.0. The number of nitrogens with one attached hydrogen (secondary N) is 1. The Hall–Kier alpha value is -2.02. The van der Waals surface area contributed by atoms with Crippen LogP contribution in [0.5, 0.6) is 0 Å². The van der Waals surface area contributed by atoms with Gasteiger partial charge in [0, 0.05) is 12.2 Å². The maximum atomic E-state index is 12.2. The Bertz CT molecular complexity index is 603. The Morgan fingerprint density at radius 1 is 1.21 bits per heavy atom. The second-order valence-electron chi connectivity index (χ2n) is 5.84. The van der Waals surface area contributed by atoms with E-state index in [-0.39, 0.29) is 23.3 Å². The number of carbonyl (C=O) groups is 3. The standard InChI is InChI=1S/C17H22N2O4S/c1-12-5-7-13(8-6-12)18-15(20)10-24-11-16(21)19-9-3-2-4-14(19)17(22)23/h5-8,14H,2-4,9-11H2,1H3,(H,18,20)(H,22,23)/t14-/m1/s1. The molecule has 2 N–H and O–H groups in total. The minimum absolute atomic E-state index is 0.116. The van der Waals surface area contributed by atoms with Crippen molar-refractivity contribution in [3.05, 3.63) is 29.8 Å². The summed E-state index contributed by atoms with van der Waals surface area (Å²) < 4.78 is 0. The van der Waals surface area contributed by atoms with E-state index in [4.69, 9.17) is 0 Å². The van der Waals surface area contributed by atoms with E-state index in [9.17, 15) is 19.5 Å². The molecule has 1 heterocycles. The number of likely N-dealkylation sites (tertiary alicyclic amines) is 1. The third-order valence-corrected chi connectivity index (χ3v) is 4.82. The third-order valence-electron chi connectivity index (χ3n) is 3.90. The number of hydrogen-bond acceptors (Lipinski definition) is 4. The number of piperidine rings is 1. The zero-order valence-electron chi connectivity index (χ0n) is 13.7. The molecule has 24 heavy (non-hydrogen) atoms. The topological polar surface area (TPSA) is 86.7 Å². The molecule has 1 fully saturated rings. The number of nitrogens with zero attached hydrogens (tertiary/aromatic N) is 1. The van der Waals surface area contributed by atoms with Crippen LogP contribution in [0.3, 0.4) is 0 Å². The molecule has 130 valence electrons. The Morgan fingerprint density at radius 2 is 1.92 bits per heavy atom. The van der Waals surface area contributed by atoms with Crippen LogP contribution in [-0.4, -0.2) is 51.9 Å². The number of aliphatic carboxylic acids is 1. The third kappa shape index (κ3) is 5.26. The fourth-order valence-electron chi connectivity index (χ4n) is 2.63. The molecule has 2 amide bonds. The predicted molar refractivity (Wildman–Crippen MR) is 94.1 cm³/mol. The average Bonchev–Trinajstić information content (AvgIpc) is 2.56. The van der Waals surface area contributed by atoms with Crippen LogP contribution >= 0.6 is 11.8 Å². The van der Waals surface area contributed by atoms with E-state index in [1.165, 1.54) is 16.7 Å². The number of thioether (sulfide) groups is 1. The highest BCUT2D eigenvalue weighted by Crippen LogP contribution is 2.19. The lowest BCUT2D eigenvalue weighted by Crippen LogP contribution is -2.48. The molecule has 6 nitrogen and oxygen atoms in total. The molecule has 7 heteroatoms. The lowest BCUT2D eigenvalue weighted by molar-refractivity contribution is -0.150. The number of carboxylic acid groups (broad SMARTS) is 1. The first kappa shape index (κ1) is 18.3. The Morgan fingerprint density at radius 3 is 2.58 bits per heavy atom. The molecular weight excluding hydrogens is 328 g/mol. The van der Waals surface area contributed by atoms with Gasteiger partial charge in [0.15, 0.2) is 0 Å². The van der Waals surface area contributed by atoms with Crippen LogP contribution in [0, 0.1) is 6.92 Å². The fourth-order valence-corrected chi connectivity index (χ4v) is 3.33. The zero-order valence-corrected chi connectivity index (χ0v) is 14.5. The van der Waals surface area contributed by atoms with Gasteiger partial charge in [0.05, 0.1) is 11.5 Å². The number of aryl methyl sites for hydroxylation is 1. The monoisotopic (exact) mass is 350 g/mol. The van der Waals surface area contributed by atoms with Crippen LogP contribution in [0.15, 0.2) is 24.3 Å². The van der Waals surface area contributed by atoms with Crippen LogP contribution in [0.2, 0.25) is 0 Å². The van der Waals surface area contributed by atoms with Crippen LogP contribution in [-0.2, 0) is 14.4 Å². The van der Waals surface area contributed by atoms with Crippen molar-refractivity contribution in [2.24, 2.45) is 0 Å². The Balaban J connectivity index is 1.76. The lowest BCUT2D eigenvalue weighted by atomic mass is 10.0. The van der Waals surface area contributed by atoms with E-state index in [0.29, 0.717) is 13.0 Å². The number of anilines is 1. The second kappa shape index (κ2) is 8.73. The van der Waals surface area contributed by atoms with Crippen LogP contribution < -0.4 is 5.32 Å². The van der Waals surface area contributed by atoms with Gasteiger partial charge in [-0.25, -0.2) is 4.79 Å². The summed E-state index contributed by atoms with van der Waals surface area (Å²) in [7, 11) is 0. The SMILES string of the molecule is Cc1ccc(NC(=O)CSCC(=O)N2CCCC[C@@H]2C(=O)O)cc1. The van der Waals surface area contributed by atoms with Crippen molar-refractivity contribution in [2.45, 2.75) is 32.2 Å². The number of amides is 2. The molecule has 0 aliphatic carbocycles. The fraction of sp³-hybridized carbons (Fsp3) is 0.471. The van der Waals surface area contributed by atoms with Crippen molar-refractivity contribution in [1.82, 2.24) is 4.90 Å². The summed E-state index contributed by atoms with van der Waals surface area (Å²) in [5.74, 6) is -1.07. The first-order valence-electron chi connectivity index (χ1n) is 7.94. The molecule has 0 aromatic heterocycles. The largest absolute Gasteiger partial charge is 0.480 e. The molecule has 1 aromatic rings. The van der Waals surface area contributed by atoms with Gasteiger partial charge < -0.3 is 15.3 Å². The first-order valence-corrected chi connectivity index (χ1v) is 9.09. The van der Waals surface area contributed by atoms with Crippen molar-refractivity contribution < 1.29 is 19.5 Å².